The first-order valence-corrected chi connectivity index (χ1v) is 14.7. The number of aryl methyl sites for hydroxylation is 6. The fraction of sp³-hybridized carbons (Fsp3) is 0.400. The van der Waals surface area contributed by atoms with E-state index in [0.717, 1.165) is 34.2 Å². The predicted molar refractivity (Wildman–Crippen MR) is 164 cm³/mol. The SMILES string of the molecule is CCCCCCCCOc1ccc(CCc2nc(-c3ccc(C)cc3C)nc(-c3ccc(C)cc3C)n2)c(O)c1. The molecule has 0 fully saturated rings. The Hall–Kier alpha value is -3.73. The van der Waals surface area contributed by atoms with Gasteiger partial charge in [-0.2, -0.15) is 0 Å². The lowest BCUT2D eigenvalue weighted by molar-refractivity contribution is 0.302. The van der Waals surface area contributed by atoms with Gasteiger partial charge in [-0.15, -0.1) is 0 Å². The van der Waals surface area contributed by atoms with Gasteiger partial charge in [0, 0.05) is 23.6 Å². The second-order valence-electron chi connectivity index (χ2n) is 10.9. The summed E-state index contributed by atoms with van der Waals surface area (Å²) in [5.74, 6) is 3.03. The summed E-state index contributed by atoms with van der Waals surface area (Å²) in [6.45, 7) is 11.3. The van der Waals surface area contributed by atoms with Crippen LogP contribution in [-0.2, 0) is 12.8 Å². The number of phenolic OH excluding ortho intramolecular Hbond substituents is 1. The standard InChI is InChI=1S/C35H43N3O2/c1-6-7-8-9-10-11-20-40-29-16-14-28(32(39)23-29)15-19-33-36-34(30-17-12-24(2)21-26(30)4)38-35(37-33)31-18-13-25(3)22-27(31)5/h12-14,16-18,21-23,39H,6-11,15,19-20H2,1-5H3. The van der Waals surface area contributed by atoms with Crippen molar-refractivity contribution in [1.29, 1.82) is 0 Å². The lowest BCUT2D eigenvalue weighted by Crippen LogP contribution is -2.06. The number of unbranched alkanes of at least 4 members (excludes halogenated alkanes) is 5. The Kier molecular flexibility index (Phi) is 10.3. The van der Waals surface area contributed by atoms with Gasteiger partial charge in [0.25, 0.3) is 0 Å². The zero-order valence-electron chi connectivity index (χ0n) is 24.8. The van der Waals surface area contributed by atoms with Gasteiger partial charge in [0.15, 0.2) is 11.6 Å². The van der Waals surface area contributed by atoms with Crippen LogP contribution in [0, 0.1) is 27.7 Å². The van der Waals surface area contributed by atoms with Crippen LogP contribution in [0.2, 0.25) is 0 Å². The van der Waals surface area contributed by atoms with Gasteiger partial charge in [-0.3, -0.25) is 0 Å². The minimum absolute atomic E-state index is 0.249. The second-order valence-corrected chi connectivity index (χ2v) is 10.9. The summed E-state index contributed by atoms with van der Waals surface area (Å²) < 4.78 is 5.89. The van der Waals surface area contributed by atoms with E-state index in [9.17, 15) is 5.11 Å². The molecule has 1 heterocycles. The largest absolute Gasteiger partial charge is 0.508 e. The van der Waals surface area contributed by atoms with Gasteiger partial charge in [-0.25, -0.2) is 15.0 Å². The van der Waals surface area contributed by atoms with Gasteiger partial charge in [0.05, 0.1) is 6.61 Å². The molecule has 0 radical (unpaired) electrons. The molecule has 40 heavy (non-hydrogen) atoms. The molecule has 0 bridgehead atoms. The van der Waals surface area contributed by atoms with Crippen LogP contribution in [0.3, 0.4) is 0 Å². The topological polar surface area (TPSA) is 68.1 Å². The maximum absolute atomic E-state index is 10.7. The molecule has 0 amide bonds. The summed E-state index contributed by atoms with van der Waals surface area (Å²) in [6.07, 6.45) is 8.55. The minimum atomic E-state index is 0.249. The van der Waals surface area contributed by atoms with Crippen molar-refractivity contribution in [3.8, 4) is 34.3 Å². The molecule has 4 rings (SSSR count). The van der Waals surface area contributed by atoms with E-state index in [1.807, 2.05) is 12.1 Å². The molecule has 0 saturated carbocycles. The minimum Gasteiger partial charge on any atom is -0.508 e. The molecule has 0 saturated heterocycles. The van der Waals surface area contributed by atoms with Crippen molar-refractivity contribution < 1.29 is 9.84 Å². The summed E-state index contributed by atoms with van der Waals surface area (Å²) in [5.41, 5.74) is 7.56. The molecule has 4 aromatic rings. The van der Waals surface area contributed by atoms with Crippen LogP contribution in [0.1, 0.15) is 79.1 Å². The van der Waals surface area contributed by atoms with Crippen molar-refractivity contribution >= 4 is 0 Å². The van der Waals surface area contributed by atoms with Gasteiger partial charge in [-0.05, 0) is 63.3 Å². The quantitative estimate of drug-likeness (QED) is 0.173. The Morgan fingerprint density at radius 1 is 0.650 bits per heavy atom. The van der Waals surface area contributed by atoms with Crippen LogP contribution in [0.4, 0.5) is 0 Å². The summed E-state index contributed by atoms with van der Waals surface area (Å²) in [4.78, 5) is 14.7. The van der Waals surface area contributed by atoms with Crippen molar-refractivity contribution in [3.63, 3.8) is 0 Å². The van der Waals surface area contributed by atoms with Crippen molar-refractivity contribution in [2.45, 2.75) is 86.0 Å². The monoisotopic (exact) mass is 537 g/mol. The van der Waals surface area contributed by atoms with E-state index in [4.69, 9.17) is 19.7 Å². The third kappa shape index (κ3) is 7.91. The molecular formula is C35H43N3O2. The lowest BCUT2D eigenvalue weighted by atomic mass is 10.0. The molecule has 1 N–H and O–H groups in total. The van der Waals surface area contributed by atoms with Gasteiger partial charge >= 0.3 is 0 Å². The Morgan fingerprint density at radius 3 is 1.82 bits per heavy atom. The van der Waals surface area contributed by atoms with E-state index >= 15 is 0 Å². The summed E-state index contributed by atoms with van der Waals surface area (Å²) in [6, 6.07) is 18.3. The number of rotatable bonds is 13. The van der Waals surface area contributed by atoms with E-state index in [-0.39, 0.29) is 5.75 Å². The first kappa shape index (κ1) is 29.3. The highest BCUT2D eigenvalue weighted by Gasteiger charge is 2.15. The fourth-order valence-corrected chi connectivity index (χ4v) is 5.07. The van der Waals surface area contributed by atoms with Gasteiger partial charge in [0.2, 0.25) is 0 Å². The Balaban J connectivity index is 1.50. The highest BCUT2D eigenvalue weighted by Crippen LogP contribution is 2.28. The molecule has 0 aliphatic heterocycles. The molecule has 5 nitrogen and oxygen atoms in total. The van der Waals surface area contributed by atoms with Gasteiger partial charge in [-0.1, -0.05) is 92.6 Å². The highest BCUT2D eigenvalue weighted by atomic mass is 16.5. The van der Waals surface area contributed by atoms with Crippen LogP contribution in [0.25, 0.3) is 22.8 Å². The third-order valence-corrected chi connectivity index (χ3v) is 7.37. The van der Waals surface area contributed by atoms with E-state index in [1.165, 1.54) is 43.2 Å². The number of benzene rings is 3. The van der Waals surface area contributed by atoms with Crippen molar-refractivity contribution in [2.75, 3.05) is 6.61 Å². The lowest BCUT2D eigenvalue weighted by Gasteiger charge is -2.12. The van der Waals surface area contributed by atoms with E-state index in [1.54, 1.807) is 6.07 Å². The molecule has 3 aromatic carbocycles. The third-order valence-electron chi connectivity index (χ3n) is 7.37. The molecule has 0 aliphatic carbocycles. The molecule has 1 aromatic heterocycles. The molecule has 210 valence electrons. The Bertz CT molecular complexity index is 1360. The fourth-order valence-electron chi connectivity index (χ4n) is 5.07. The number of hydrogen-bond acceptors (Lipinski definition) is 5. The molecule has 5 heteroatoms. The maximum atomic E-state index is 10.7. The first-order valence-electron chi connectivity index (χ1n) is 14.7. The van der Waals surface area contributed by atoms with Crippen LogP contribution in [-0.4, -0.2) is 26.7 Å². The smallest absolute Gasteiger partial charge is 0.163 e. The Labute approximate surface area is 239 Å². The predicted octanol–water partition coefficient (Wildman–Crippen LogP) is 8.67. The van der Waals surface area contributed by atoms with E-state index in [0.29, 0.717) is 42.7 Å². The van der Waals surface area contributed by atoms with Gasteiger partial charge < -0.3 is 9.84 Å². The summed E-state index contributed by atoms with van der Waals surface area (Å²) in [5, 5.41) is 10.7. The number of hydrogen-bond donors (Lipinski definition) is 1. The molecule has 0 atom stereocenters. The number of nitrogens with zero attached hydrogens (tertiary/aromatic N) is 3. The molecule has 0 aliphatic rings. The summed E-state index contributed by atoms with van der Waals surface area (Å²) in [7, 11) is 0. The first-order chi connectivity index (χ1) is 19.3. The molecule has 0 spiro atoms. The molecular weight excluding hydrogens is 494 g/mol. The zero-order chi connectivity index (χ0) is 28.5. The average molecular weight is 538 g/mol. The number of aromatic hydroxyl groups is 1. The Morgan fingerprint density at radius 2 is 1.25 bits per heavy atom. The van der Waals surface area contributed by atoms with E-state index in [2.05, 4.69) is 71.0 Å². The average Bonchev–Trinajstić information content (AvgIpc) is 2.92. The van der Waals surface area contributed by atoms with Crippen molar-refractivity contribution in [3.05, 3.63) is 88.2 Å². The van der Waals surface area contributed by atoms with Crippen molar-refractivity contribution in [1.82, 2.24) is 15.0 Å². The zero-order valence-corrected chi connectivity index (χ0v) is 24.8. The van der Waals surface area contributed by atoms with E-state index < -0.39 is 0 Å². The van der Waals surface area contributed by atoms with Crippen LogP contribution in [0.5, 0.6) is 11.5 Å². The van der Waals surface area contributed by atoms with Crippen molar-refractivity contribution in [2.24, 2.45) is 0 Å². The number of ether oxygens (including phenoxy) is 1. The van der Waals surface area contributed by atoms with Crippen LogP contribution in [0.15, 0.2) is 54.6 Å². The van der Waals surface area contributed by atoms with Crippen LogP contribution >= 0.6 is 0 Å². The van der Waals surface area contributed by atoms with Gasteiger partial charge in [0.1, 0.15) is 17.3 Å². The number of phenols is 1. The normalized spacial score (nSPS) is 11.1. The van der Waals surface area contributed by atoms with Crippen LogP contribution < -0.4 is 4.74 Å². The number of aromatic nitrogens is 3. The molecule has 0 unspecified atom stereocenters. The maximum Gasteiger partial charge on any atom is 0.163 e. The highest BCUT2D eigenvalue weighted by molar-refractivity contribution is 5.66. The second kappa shape index (κ2) is 14.1. The summed E-state index contributed by atoms with van der Waals surface area (Å²) >= 11 is 0.